The van der Waals surface area contributed by atoms with Crippen molar-refractivity contribution in [2.75, 3.05) is 0 Å². The van der Waals surface area contributed by atoms with Crippen LogP contribution in [-0.2, 0) is 11.2 Å². The summed E-state index contributed by atoms with van der Waals surface area (Å²) < 4.78 is 0. The van der Waals surface area contributed by atoms with Crippen molar-refractivity contribution in [3.05, 3.63) is 36.0 Å². The maximum atomic E-state index is 11.9. The molecule has 2 aromatic rings. The van der Waals surface area contributed by atoms with E-state index in [4.69, 9.17) is 0 Å². The molecule has 1 aromatic heterocycles. The first-order valence-electron chi connectivity index (χ1n) is 6.55. The highest BCUT2D eigenvalue weighted by Crippen LogP contribution is 2.18. The largest absolute Gasteiger partial charge is 0.361 e. The van der Waals surface area contributed by atoms with Crippen molar-refractivity contribution in [2.45, 2.75) is 39.2 Å². The lowest BCUT2D eigenvalue weighted by molar-refractivity contribution is -0.121. The second-order valence-corrected chi connectivity index (χ2v) is 4.79. The van der Waals surface area contributed by atoms with E-state index in [2.05, 4.69) is 24.1 Å². The predicted molar refractivity (Wildman–Crippen MR) is 74.5 cm³/mol. The Labute approximate surface area is 108 Å². The highest BCUT2D eigenvalue weighted by atomic mass is 16.1. The molecule has 1 atom stereocenters. The van der Waals surface area contributed by atoms with Crippen LogP contribution in [0, 0.1) is 0 Å². The SMILES string of the molecule is CCC[C@@H](C)NC(=O)Cc1c[nH]c2ccccc12. The maximum Gasteiger partial charge on any atom is 0.224 e. The molecule has 0 aliphatic heterocycles. The number of benzene rings is 1. The molecule has 0 aliphatic carbocycles. The lowest BCUT2D eigenvalue weighted by Crippen LogP contribution is -2.33. The van der Waals surface area contributed by atoms with Gasteiger partial charge in [0.1, 0.15) is 0 Å². The van der Waals surface area contributed by atoms with Gasteiger partial charge in [-0.25, -0.2) is 0 Å². The Balaban J connectivity index is 2.03. The number of aromatic nitrogens is 1. The fourth-order valence-electron chi connectivity index (χ4n) is 2.28. The summed E-state index contributed by atoms with van der Waals surface area (Å²) in [5.74, 6) is 0.0979. The van der Waals surface area contributed by atoms with E-state index in [-0.39, 0.29) is 11.9 Å². The molecule has 0 spiro atoms. The van der Waals surface area contributed by atoms with Crippen LogP contribution < -0.4 is 5.32 Å². The Morgan fingerprint density at radius 2 is 2.17 bits per heavy atom. The van der Waals surface area contributed by atoms with Crippen LogP contribution in [0.2, 0.25) is 0 Å². The topological polar surface area (TPSA) is 44.9 Å². The molecule has 0 bridgehead atoms. The maximum absolute atomic E-state index is 11.9. The van der Waals surface area contributed by atoms with Crippen LogP contribution in [0.25, 0.3) is 10.9 Å². The van der Waals surface area contributed by atoms with Crippen molar-refractivity contribution in [2.24, 2.45) is 0 Å². The number of nitrogens with one attached hydrogen (secondary N) is 2. The quantitative estimate of drug-likeness (QED) is 0.834. The fourth-order valence-corrected chi connectivity index (χ4v) is 2.28. The van der Waals surface area contributed by atoms with E-state index in [1.807, 2.05) is 30.5 Å². The van der Waals surface area contributed by atoms with E-state index < -0.39 is 0 Å². The zero-order valence-corrected chi connectivity index (χ0v) is 11.0. The second kappa shape index (κ2) is 5.71. The lowest BCUT2D eigenvalue weighted by atomic mass is 10.1. The minimum absolute atomic E-state index is 0.0979. The molecule has 18 heavy (non-hydrogen) atoms. The standard InChI is InChI=1S/C15H20N2O/c1-3-6-11(2)17-15(18)9-12-10-16-14-8-5-4-7-13(12)14/h4-5,7-8,10-11,16H,3,6,9H2,1-2H3,(H,17,18)/t11-/m1/s1. The number of H-pyrrole nitrogens is 1. The summed E-state index contributed by atoms with van der Waals surface area (Å²) >= 11 is 0. The van der Waals surface area contributed by atoms with E-state index in [0.29, 0.717) is 6.42 Å². The van der Waals surface area contributed by atoms with E-state index >= 15 is 0 Å². The molecule has 0 saturated carbocycles. The van der Waals surface area contributed by atoms with Crippen molar-refractivity contribution in [3.63, 3.8) is 0 Å². The van der Waals surface area contributed by atoms with Gasteiger partial charge in [0.05, 0.1) is 6.42 Å². The normalized spacial score (nSPS) is 12.6. The van der Waals surface area contributed by atoms with Crippen molar-refractivity contribution in [3.8, 4) is 0 Å². The van der Waals surface area contributed by atoms with Crippen molar-refractivity contribution in [1.29, 1.82) is 0 Å². The van der Waals surface area contributed by atoms with E-state index in [1.165, 1.54) is 0 Å². The van der Waals surface area contributed by atoms with Crippen molar-refractivity contribution in [1.82, 2.24) is 10.3 Å². The van der Waals surface area contributed by atoms with E-state index in [9.17, 15) is 4.79 Å². The Morgan fingerprint density at radius 3 is 2.94 bits per heavy atom. The molecule has 1 aromatic carbocycles. The summed E-state index contributed by atoms with van der Waals surface area (Å²) in [6.07, 6.45) is 4.49. The first kappa shape index (κ1) is 12.7. The van der Waals surface area contributed by atoms with Crippen LogP contribution in [0.4, 0.5) is 0 Å². The summed E-state index contributed by atoms with van der Waals surface area (Å²) in [4.78, 5) is 15.1. The summed E-state index contributed by atoms with van der Waals surface area (Å²) in [6.45, 7) is 4.18. The Kier molecular flexibility index (Phi) is 4.03. The third-order valence-corrected chi connectivity index (χ3v) is 3.16. The summed E-state index contributed by atoms with van der Waals surface area (Å²) in [5.41, 5.74) is 2.15. The molecule has 2 rings (SSSR count). The predicted octanol–water partition coefficient (Wildman–Crippen LogP) is 3.02. The molecule has 0 saturated heterocycles. The number of aromatic amines is 1. The monoisotopic (exact) mass is 244 g/mol. The van der Waals surface area contributed by atoms with Gasteiger partial charge in [-0.2, -0.15) is 0 Å². The summed E-state index contributed by atoms with van der Waals surface area (Å²) in [5, 5.41) is 4.17. The molecule has 0 unspecified atom stereocenters. The lowest BCUT2D eigenvalue weighted by Gasteiger charge is -2.12. The fraction of sp³-hybridized carbons (Fsp3) is 0.400. The molecular weight excluding hydrogens is 224 g/mol. The second-order valence-electron chi connectivity index (χ2n) is 4.79. The third-order valence-electron chi connectivity index (χ3n) is 3.16. The number of fused-ring (bicyclic) bond motifs is 1. The number of carbonyl (C=O) groups is 1. The van der Waals surface area contributed by atoms with Crippen molar-refractivity contribution >= 4 is 16.8 Å². The molecule has 1 amide bonds. The van der Waals surface area contributed by atoms with E-state index in [1.54, 1.807) is 0 Å². The molecule has 0 radical (unpaired) electrons. The van der Waals surface area contributed by atoms with Gasteiger partial charge in [0.25, 0.3) is 0 Å². The highest BCUT2D eigenvalue weighted by molar-refractivity contribution is 5.88. The van der Waals surface area contributed by atoms with Crippen LogP contribution in [0.1, 0.15) is 32.3 Å². The van der Waals surface area contributed by atoms with Gasteiger partial charge in [-0.3, -0.25) is 4.79 Å². The van der Waals surface area contributed by atoms with Crippen LogP contribution in [-0.4, -0.2) is 16.9 Å². The van der Waals surface area contributed by atoms with Gasteiger partial charge >= 0.3 is 0 Å². The third kappa shape index (κ3) is 2.92. The Morgan fingerprint density at radius 1 is 1.39 bits per heavy atom. The first-order valence-corrected chi connectivity index (χ1v) is 6.55. The molecule has 2 N–H and O–H groups in total. The van der Waals surface area contributed by atoms with Gasteiger partial charge in [0.2, 0.25) is 5.91 Å². The molecule has 3 nitrogen and oxygen atoms in total. The summed E-state index contributed by atoms with van der Waals surface area (Å²) in [7, 11) is 0. The number of amides is 1. The van der Waals surface area contributed by atoms with E-state index in [0.717, 1.165) is 29.3 Å². The zero-order valence-electron chi connectivity index (χ0n) is 11.0. The first-order chi connectivity index (χ1) is 8.70. The molecular formula is C15H20N2O. The van der Waals surface area contributed by atoms with Crippen LogP contribution >= 0.6 is 0 Å². The smallest absolute Gasteiger partial charge is 0.224 e. The molecule has 3 heteroatoms. The number of rotatable bonds is 5. The number of hydrogen-bond acceptors (Lipinski definition) is 1. The molecule has 0 fully saturated rings. The minimum atomic E-state index is 0.0979. The average molecular weight is 244 g/mol. The van der Waals surface area contributed by atoms with Gasteiger partial charge in [-0.1, -0.05) is 31.5 Å². The van der Waals surface area contributed by atoms with Gasteiger partial charge < -0.3 is 10.3 Å². The highest BCUT2D eigenvalue weighted by Gasteiger charge is 2.10. The van der Waals surface area contributed by atoms with Crippen LogP contribution in [0.5, 0.6) is 0 Å². The van der Waals surface area contributed by atoms with Gasteiger partial charge in [0, 0.05) is 23.1 Å². The Hall–Kier alpha value is -1.77. The van der Waals surface area contributed by atoms with Gasteiger partial charge in [-0.15, -0.1) is 0 Å². The number of para-hydroxylation sites is 1. The molecule has 96 valence electrons. The van der Waals surface area contributed by atoms with Gasteiger partial charge in [-0.05, 0) is 25.0 Å². The van der Waals surface area contributed by atoms with Crippen molar-refractivity contribution < 1.29 is 4.79 Å². The Bertz CT molecular complexity index is 530. The number of carbonyl (C=O) groups excluding carboxylic acids is 1. The zero-order chi connectivity index (χ0) is 13.0. The van der Waals surface area contributed by atoms with Crippen LogP contribution in [0.3, 0.4) is 0 Å². The van der Waals surface area contributed by atoms with Crippen LogP contribution in [0.15, 0.2) is 30.5 Å². The number of hydrogen-bond donors (Lipinski definition) is 2. The van der Waals surface area contributed by atoms with Gasteiger partial charge in [0.15, 0.2) is 0 Å². The minimum Gasteiger partial charge on any atom is -0.361 e. The molecule has 0 aliphatic rings. The molecule has 1 heterocycles. The summed E-state index contributed by atoms with van der Waals surface area (Å²) in [6, 6.07) is 8.32. The average Bonchev–Trinajstić information content (AvgIpc) is 2.73.